The van der Waals surface area contributed by atoms with Gasteiger partial charge < -0.3 is 14.4 Å². The highest BCUT2D eigenvalue weighted by Crippen LogP contribution is 2.29. The summed E-state index contributed by atoms with van der Waals surface area (Å²) in [6.07, 6.45) is 0. The maximum Gasteiger partial charge on any atom is 0.159 e. The van der Waals surface area contributed by atoms with E-state index in [0.717, 1.165) is 39.3 Å². The second-order valence-electron chi connectivity index (χ2n) is 5.69. The number of anilines is 1. The zero-order chi connectivity index (χ0) is 17.1. The lowest BCUT2D eigenvalue weighted by molar-refractivity contribution is 0.391. The molecule has 0 unspecified atom stereocenters. The molecule has 5 nitrogen and oxygen atoms in total. The zero-order valence-corrected chi connectivity index (χ0v) is 14.4. The fourth-order valence-electron chi connectivity index (χ4n) is 2.82. The van der Waals surface area contributed by atoms with Crippen LogP contribution in [0.2, 0.25) is 0 Å². The number of ether oxygens (including phenoxy) is 2. The van der Waals surface area contributed by atoms with E-state index in [-0.39, 0.29) is 0 Å². The molecule has 3 aromatic rings. The molecule has 0 spiro atoms. The number of hydrogen-bond acceptors (Lipinski definition) is 5. The van der Waals surface area contributed by atoms with Crippen LogP contribution in [0, 0.1) is 6.92 Å². The first-order chi connectivity index (χ1) is 11.6. The van der Waals surface area contributed by atoms with Crippen LogP contribution in [0.5, 0.6) is 11.5 Å². The van der Waals surface area contributed by atoms with Crippen LogP contribution in [0.25, 0.3) is 10.8 Å². The van der Waals surface area contributed by atoms with Gasteiger partial charge in [-0.15, -0.1) is 5.10 Å². The molecule has 24 heavy (non-hydrogen) atoms. The first-order valence-corrected chi connectivity index (χ1v) is 7.78. The second kappa shape index (κ2) is 6.74. The van der Waals surface area contributed by atoms with Gasteiger partial charge in [-0.1, -0.05) is 24.3 Å². The molecular formula is C19H21N3O2. The monoisotopic (exact) mass is 323 g/mol. The molecule has 0 aliphatic carbocycles. The third kappa shape index (κ3) is 2.97. The fraction of sp³-hybridized carbons (Fsp3) is 0.263. The number of rotatable bonds is 5. The number of fused-ring (bicyclic) bond motifs is 1. The molecule has 2 aromatic carbocycles. The minimum absolute atomic E-state index is 0.662. The summed E-state index contributed by atoms with van der Waals surface area (Å²) in [5.74, 6) is 2.43. The Bertz CT molecular complexity index is 864. The molecule has 0 N–H and O–H groups in total. The summed E-state index contributed by atoms with van der Waals surface area (Å²) in [6.45, 7) is 2.64. The van der Waals surface area contributed by atoms with E-state index >= 15 is 0 Å². The van der Waals surface area contributed by atoms with E-state index in [2.05, 4.69) is 27.2 Å². The van der Waals surface area contributed by atoms with Gasteiger partial charge in [-0.25, -0.2) is 0 Å². The van der Waals surface area contributed by atoms with Crippen molar-refractivity contribution in [1.29, 1.82) is 0 Å². The van der Waals surface area contributed by atoms with Crippen molar-refractivity contribution in [3.8, 4) is 11.5 Å². The first-order valence-electron chi connectivity index (χ1n) is 7.78. The predicted octanol–water partition coefficient (Wildman–Crippen LogP) is 3.59. The standard InChI is InChI=1S/C19H21N3O2/c1-13-16-7-5-6-8-17(16)19(21-20-13)22(2)12-14-9-10-15(23-3)11-18(14)24-4/h5-11H,12H2,1-4H3. The highest BCUT2D eigenvalue weighted by atomic mass is 16.5. The van der Waals surface area contributed by atoms with Gasteiger partial charge in [0.25, 0.3) is 0 Å². The Balaban J connectivity index is 1.96. The number of hydrogen-bond donors (Lipinski definition) is 0. The molecule has 3 rings (SSSR count). The number of nitrogens with zero attached hydrogens (tertiary/aromatic N) is 3. The molecule has 0 saturated heterocycles. The highest BCUT2D eigenvalue weighted by molar-refractivity contribution is 5.93. The molecular weight excluding hydrogens is 302 g/mol. The maximum atomic E-state index is 5.49. The molecule has 1 heterocycles. The first kappa shape index (κ1) is 16.1. The van der Waals surface area contributed by atoms with Gasteiger partial charge in [0.15, 0.2) is 5.82 Å². The Morgan fingerprint density at radius 3 is 2.42 bits per heavy atom. The van der Waals surface area contributed by atoms with Crippen LogP contribution < -0.4 is 14.4 Å². The molecule has 0 aliphatic heterocycles. The molecule has 0 fully saturated rings. The molecule has 1 aromatic heterocycles. The minimum Gasteiger partial charge on any atom is -0.497 e. The van der Waals surface area contributed by atoms with E-state index in [1.807, 2.05) is 44.3 Å². The van der Waals surface area contributed by atoms with Crippen LogP contribution in [0.4, 0.5) is 5.82 Å². The van der Waals surface area contributed by atoms with E-state index in [1.54, 1.807) is 14.2 Å². The van der Waals surface area contributed by atoms with Gasteiger partial charge in [0, 0.05) is 36.0 Å². The topological polar surface area (TPSA) is 47.5 Å². The van der Waals surface area contributed by atoms with Crippen LogP contribution in [-0.4, -0.2) is 31.5 Å². The Morgan fingerprint density at radius 2 is 1.71 bits per heavy atom. The van der Waals surface area contributed by atoms with Crippen molar-refractivity contribution in [3.63, 3.8) is 0 Å². The van der Waals surface area contributed by atoms with Crippen LogP contribution in [0.3, 0.4) is 0 Å². The smallest absolute Gasteiger partial charge is 0.159 e. The summed E-state index contributed by atoms with van der Waals surface area (Å²) in [7, 11) is 5.32. The lowest BCUT2D eigenvalue weighted by Crippen LogP contribution is -2.19. The normalized spacial score (nSPS) is 10.7. The van der Waals surface area contributed by atoms with Crippen molar-refractivity contribution in [1.82, 2.24) is 10.2 Å². The zero-order valence-electron chi connectivity index (χ0n) is 14.4. The van der Waals surface area contributed by atoms with Crippen molar-refractivity contribution in [2.45, 2.75) is 13.5 Å². The Labute approximate surface area is 141 Å². The average Bonchev–Trinajstić information content (AvgIpc) is 2.62. The molecule has 0 saturated carbocycles. The summed E-state index contributed by atoms with van der Waals surface area (Å²) < 4.78 is 10.7. The van der Waals surface area contributed by atoms with Crippen molar-refractivity contribution in [3.05, 3.63) is 53.7 Å². The Morgan fingerprint density at radius 1 is 0.958 bits per heavy atom. The molecule has 0 amide bonds. The number of methoxy groups -OCH3 is 2. The van der Waals surface area contributed by atoms with Crippen molar-refractivity contribution in [2.75, 3.05) is 26.2 Å². The molecule has 0 aliphatic rings. The quantitative estimate of drug-likeness (QED) is 0.718. The van der Waals surface area contributed by atoms with Gasteiger partial charge in [0.05, 0.1) is 19.9 Å². The maximum absolute atomic E-state index is 5.49. The highest BCUT2D eigenvalue weighted by Gasteiger charge is 2.13. The molecule has 0 radical (unpaired) electrons. The lowest BCUT2D eigenvalue weighted by atomic mass is 10.1. The van der Waals surface area contributed by atoms with Crippen LogP contribution in [-0.2, 0) is 6.54 Å². The third-order valence-electron chi connectivity index (χ3n) is 4.12. The van der Waals surface area contributed by atoms with Crippen LogP contribution in [0.1, 0.15) is 11.3 Å². The van der Waals surface area contributed by atoms with E-state index < -0.39 is 0 Å². The van der Waals surface area contributed by atoms with Crippen molar-refractivity contribution >= 4 is 16.6 Å². The lowest BCUT2D eigenvalue weighted by Gasteiger charge is -2.21. The largest absolute Gasteiger partial charge is 0.497 e. The fourth-order valence-corrected chi connectivity index (χ4v) is 2.82. The van der Waals surface area contributed by atoms with E-state index in [9.17, 15) is 0 Å². The summed E-state index contributed by atoms with van der Waals surface area (Å²) in [5.41, 5.74) is 2.00. The average molecular weight is 323 g/mol. The van der Waals surface area contributed by atoms with Crippen LogP contribution in [0.15, 0.2) is 42.5 Å². The van der Waals surface area contributed by atoms with Gasteiger partial charge in [-0.3, -0.25) is 0 Å². The Hall–Kier alpha value is -2.82. The molecule has 124 valence electrons. The third-order valence-corrected chi connectivity index (χ3v) is 4.12. The van der Waals surface area contributed by atoms with Gasteiger partial charge >= 0.3 is 0 Å². The van der Waals surface area contributed by atoms with Gasteiger partial charge in [-0.2, -0.15) is 5.10 Å². The minimum atomic E-state index is 0.662. The summed E-state index contributed by atoms with van der Waals surface area (Å²) in [6, 6.07) is 14.0. The second-order valence-corrected chi connectivity index (χ2v) is 5.69. The summed E-state index contributed by atoms with van der Waals surface area (Å²) in [4.78, 5) is 2.08. The van der Waals surface area contributed by atoms with E-state index in [4.69, 9.17) is 9.47 Å². The van der Waals surface area contributed by atoms with Gasteiger partial charge in [0.2, 0.25) is 0 Å². The number of aryl methyl sites for hydroxylation is 1. The number of aromatic nitrogens is 2. The predicted molar refractivity (Wildman–Crippen MR) is 95.9 cm³/mol. The van der Waals surface area contributed by atoms with Crippen LogP contribution >= 0.6 is 0 Å². The summed E-state index contributed by atoms with van der Waals surface area (Å²) in [5, 5.41) is 10.9. The van der Waals surface area contributed by atoms with E-state index in [0.29, 0.717) is 6.54 Å². The molecule has 0 atom stereocenters. The van der Waals surface area contributed by atoms with Gasteiger partial charge in [0.1, 0.15) is 11.5 Å². The van der Waals surface area contributed by atoms with Crippen molar-refractivity contribution < 1.29 is 9.47 Å². The molecule has 5 heteroatoms. The van der Waals surface area contributed by atoms with Gasteiger partial charge in [-0.05, 0) is 19.1 Å². The molecule has 0 bridgehead atoms. The summed E-state index contributed by atoms with van der Waals surface area (Å²) >= 11 is 0. The number of benzene rings is 2. The van der Waals surface area contributed by atoms with Crippen molar-refractivity contribution in [2.24, 2.45) is 0 Å². The Kier molecular flexibility index (Phi) is 4.51. The SMILES string of the molecule is COc1ccc(CN(C)c2nnc(C)c3ccccc23)c(OC)c1. The van der Waals surface area contributed by atoms with E-state index in [1.165, 1.54) is 0 Å².